The molecule has 0 saturated heterocycles. The van der Waals surface area contributed by atoms with Crippen LogP contribution in [0.3, 0.4) is 0 Å². The van der Waals surface area contributed by atoms with Crippen LogP contribution in [0.1, 0.15) is 23.2 Å². The Balaban J connectivity index is 1.99. The number of hydrogen-bond donors (Lipinski definition) is 0. The quantitative estimate of drug-likeness (QED) is 0.693. The van der Waals surface area contributed by atoms with Gasteiger partial charge in [-0.15, -0.1) is 11.3 Å². The topological polar surface area (TPSA) is 44.2 Å². The Morgan fingerprint density at radius 1 is 1.00 bits per heavy atom. The summed E-state index contributed by atoms with van der Waals surface area (Å²) >= 11 is 1.68. The molecule has 0 fully saturated rings. The third kappa shape index (κ3) is 2.76. The van der Waals surface area contributed by atoms with Crippen LogP contribution in [0, 0.1) is 20.8 Å². The lowest BCUT2D eigenvalue weighted by molar-refractivity contribution is 0.339. The number of thiophene rings is 1. The first-order chi connectivity index (χ1) is 10.6. The third-order valence-corrected chi connectivity index (χ3v) is 4.56. The van der Waals surface area contributed by atoms with Crippen molar-refractivity contribution in [2.75, 3.05) is 6.61 Å². The van der Waals surface area contributed by atoms with Gasteiger partial charge in [0.15, 0.2) is 0 Å². The molecule has 0 N–H and O–H groups in total. The van der Waals surface area contributed by atoms with Crippen molar-refractivity contribution in [2.45, 2.75) is 27.7 Å². The van der Waals surface area contributed by atoms with Crippen LogP contribution in [0.5, 0.6) is 17.4 Å². The van der Waals surface area contributed by atoms with E-state index in [1.54, 1.807) is 11.3 Å². The summed E-state index contributed by atoms with van der Waals surface area (Å²) in [6, 6.07) is 7.58. The number of fused-ring (bicyclic) bond motifs is 1. The van der Waals surface area contributed by atoms with Gasteiger partial charge in [0.2, 0.25) is 5.88 Å². The van der Waals surface area contributed by atoms with E-state index in [4.69, 9.17) is 9.47 Å². The van der Waals surface area contributed by atoms with Gasteiger partial charge in [-0.1, -0.05) is 0 Å². The number of rotatable bonds is 4. The van der Waals surface area contributed by atoms with Crippen LogP contribution in [0.4, 0.5) is 0 Å². The number of benzene rings is 1. The first kappa shape index (κ1) is 14.8. The van der Waals surface area contributed by atoms with E-state index in [-0.39, 0.29) is 0 Å². The Kier molecular flexibility index (Phi) is 3.98. The number of aryl methyl sites for hydroxylation is 3. The minimum Gasteiger partial charge on any atom is -0.494 e. The Hall–Kier alpha value is -2.14. The SMILES string of the molecule is CCOc1ccc(Oc2nc(C)nc3sc(C)c(C)c23)cc1. The van der Waals surface area contributed by atoms with E-state index in [1.165, 1.54) is 10.4 Å². The fourth-order valence-corrected chi connectivity index (χ4v) is 3.34. The molecule has 2 aromatic heterocycles. The van der Waals surface area contributed by atoms with Gasteiger partial charge in [0.1, 0.15) is 22.2 Å². The van der Waals surface area contributed by atoms with Gasteiger partial charge in [-0.3, -0.25) is 0 Å². The normalized spacial score (nSPS) is 10.9. The van der Waals surface area contributed by atoms with Crippen molar-refractivity contribution in [1.29, 1.82) is 0 Å². The fourth-order valence-electron chi connectivity index (χ4n) is 2.27. The summed E-state index contributed by atoms with van der Waals surface area (Å²) in [5.41, 5.74) is 1.18. The molecule has 5 heteroatoms. The van der Waals surface area contributed by atoms with Crippen molar-refractivity contribution in [1.82, 2.24) is 9.97 Å². The molecule has 114 valence electrons. The zero-order chi connectivity index (χ0) is 15.7. The third-order valence-electron chi connectivity index (χ3n) is 3.46. The second-order valence-electron chi connectivity index (χ2n) is 5.05. The summed E-state index contributed by atoms with van der Waals surface area (Å²) < 4.78 is 11.4. The van der Waals surface area contributed by atoms with Crippen molar-refractivity contribution in [3.05, 3.63) is 40.5 Å². The maximum Gasteiger partial charge on any atom is 0.231 e. The molecule has 3 rings (SSSR count). The predicted molar refractivity (Wildman–Crippen MR) is 89.3 cm³/mol. The van der Waals surface area contributed by atoms with E-state index in [1.807, 2.05) is 38.1 Å². The maximum atomic E-state index is 6.00. The highest BCUT2D eigenvalue weighted by Crippen LogP contribution is 2.36. The van der Waals surface area contributed by atoms with E-state index in [2.05, 4.69) is 23.8 Å². The summed E-state index contributed by atoms with van der Waals surface area (Å²) in [6.07, 6.45) is 0. The van der Waals surface area contributed by atoms with Crippen LogP contribution in [-0.4, -0.2) is 16.6 Å². The highest BCUT2D eigenvalue weighted by Gasteiger charge is 2.15. The van der Waals surface area contributed by atoms with Crippen molar-refractivity contribution >= 4 is 21.6 Å². The molecule has 0 aliphatic heterocycles. The van der Waals surface area contributed by atoms with Crippen molar-refractivity contribution in [2.24, 2.45) is 0 Å². The molecule has 0 aliphatic carbocycles. The molecule has 3 aromatic rings. The summed E-state index contributed by atoms with van der Waals surface area (Å²) in [4.78, 5) is 11.2. The largest absolute Gasteiger partial charge is 0.494 e. The highest BCUT2D eigenvalue weighted by molar-refractivity contribution is 7.18. The zero-order valence-electron chi connectivity index (χ0n) is 13.1. The number of nitrogens with zero attached hydrogens (tertiary/aromatic N) is 2. The number of aromatic nitrogens is 2. The van der Waals surface area contributed by atoms with Gasteiger partial charge < -0.3 is 9.47 Å². The van der Waals surface area contributed by atoms with Gasteiger partial charge in [-0.25, -0.2) is 4.98 Å². The van der Waals surface area contributed by atoms with Gasteiger partial charge in [0.05, 0.1) is 12.0 Å². The molecular weight excluding hydrogens is 296 g/mol. The van der Waals surface area contributed by atoms with Gasteiger partial charge in [0.25, 0.3) is 0 Å². The van der Waals surface area contributed by atoms with Gasteiger partial charge in [-0.05, 0) is 57.5 Å². The molecule has 0 radical (unpaired) electrons. The van der Waals surface area contributed by atoms with E-state index >= 15 is 0 Å². The van der Waals surface area contributed by atoms with Crippen LogP contribution in [0.25, 0.3) is 10.2 Å². The minimum absolute atomic E-state index is 0.619. The van der Waals surface area contributed by atoms with Crippen molar-refractivity contribution in [3.63, 3.8) is 0 Å². The van der Waals surface area contributed by atoms with E-state index < -0.39 is 0 Å². The van der Waals surface area contributed by atoms with Gasteiger partial charge in [-0.2, -0.15) is 4.98 Å². The van der Waals surface area contributed by atoms with E-state index in [9.17, 15) is 0 Å². The van der Waals surface area contributed by atoms with Gasteiger partial charge >= 0.3 is 0 Å². The summed E-state index contributed by atoms with van der Waals surface area (Å²) in [5, 5.41) is 1.00. The predicted octanol–water partition coefficient (Wildman–Crippen LogP) is 4.81. The van der Waals surface area contributed by atoms with Crippen LogP contribution >= 0.6 is 11.3 Å². The molecule has 22 heavy (non-hydrogen) atoms. The minimum atomic E-state index is 0.619. The number of ether oxygens (including phenoxy) is 2. The molecule has 0 saturated carbocycles. The Labute approximate surface area is 133 Å². The van der Waals surface area contributed by atoms with Crippen molar-refractivity contribution < 1.29 is 9.47 Å². The number of hydrogen-bond acceptors (Lipinski definition) is 5. The molecule has 0 bridgehead atoms. The lowest BCUT2D eigenvalue weighted by Gasteiger charge is -2.08. The summed E-state index contributed by atoms with van der Waals surface area (Å²) in [6.45, 7) is 8.68. The first-order valence-corrected chi connectivity index (χ1v) is 8.05. The van der Waals surface area contributed by atoms with Crippen LogP contribution in [0.2, 0.25) is 0 Å². The Bertz CT molecular complexity index is 810. The second kappa shape index (κ2) is 5.93. The highest BCUT2D eigenvalue weighted by atomic mass is 32.1. The first-order valence-electron chi connectivity index (χ1n) is 7.23. The monoisotopic (exact) mass is 314 g/mol. The van der Waals surface area contributed by atoms with Crippen LogP contribution in [-0.2, 0) is 0 Å². The lowest BCUT2D eigenvalue weighted by Crippen LogP contribution is -1.95. The molecule has 0 atom stereocenters. The smallest absolute Gasteiger partial charge is 0.231 e. The van der Waals surface area contributed by atoms with Crippen LogP contribution < -0.4 is 9.47 Å². The van der Waals surface area contributed by atoms with Gasteiger partial charge in [0, 0.05) is 4.88 Å². The standard InChI is InChI=1S/C17H18N2O2S/c1-5-20-13-6-8-14(9-7-13)21-16-15-10(2)11(3)22-17(15)19-12(4)18-16/h6-9H,5H2,1-4H3. The molecule has 1 aromatic carbocycles. The van der Waals surface area contributed by atoms with E-state index in [0.717, 1.165) is 27.5 Å². The molecule has 0 unspecified atom stereocenters. The molecule has 0 amide bonds. The summed E-state index contributed by atoms with van der Waals surface area (Å²) in [7, 11) is 0. The molecule has 0 aliphatic rings. The molecule has 2 heterocycles. The maximum absolute atomic E-state index is 6.00. The average Bonchev–Trinajstić information content (AvgIpc) is 2.76. The second-order valence-corrected chi connectivity index (χ2v) is 6.25. The molecule has 4 nitrogen and oxygen atoms in total. The van der Waals surface area contributed by atoms with Crippen molar-refractivity contribution in [3.8, 4) is 17.4 Å². The fraction of sp³-hybridized carbons (Fsp3) is 0.294. The Morgan fingerprint density at radius 2 is 1.68 bits per heavy atom. The summed E-state index contributed by atoms with van der Waals surface area (Å²) in [5.74, 6) is 2.91. The average molecular weight is 314 g/mol. The molecular formula is C17H18N2O2S. The Morgan fingerprint density at radius 3 is 2.36 bits per heavy atom. The van der Waals surface area contributed by atoms with E-state index in [0.29, 0.717) is 12.5 Å². The zero-order valence-corrected chi connectivity index (χ0v) is 14.0. The lowest BCUT2D eigenvalue weighted by atomic mass is 10.2. The molecule has 0 spiro atoms. The van der Waals surface area contributed by atoms with Crippen LogP contribution in [0.15, 0.2) is 24.3 Å².